The normalized spacial score (nSPS) is 13.1. The van der Waals surface area contributed by atoms with Gasteiger partial charge in [-0.3, -0.25) is 0 Å². The van der Waals surface area contributed by atoms with Crippen molar-refractivity contribution < 1.29 is 29.5 Å². The van der Waals surface area contributed by atoms with Gasteiger partial charge in [0.15, 0.2) is 11.5 Å². The van der Waals surface area contributed by atoms with Gasteiger partial charge in [-0.1, -0.05) is 6.07 Å². The molecule has 0 spiro atoms. The van der Waals surface area contributed by atoms with E-state index in [1.165, 1.54) is 4.90 Å². The van der Waals surface area contributed by atoms with Crippen LogP contribution < -0.4 is 19.7 Å². The van der Waals surface area contributed by atoms with Crippen molar-refractivity contribution >= 4 is 0 Å². The summed E-state index contributed by atoms with van der Waals surface area (Å²) < 4.78 is 16.1. The number of methoxy groups -OCH3 is 2. The second-order valence-electron chi connectivity index (χ2n) is 7.63. The van der Waals surface area contributed by atoms with Gasteiger partial charge in [-0.15, -0.1) is 0 Å². The maximum Gasteiger partial charge on any atom is 0.161 e. The highest BCUT2D eigenvalue weighted by molar-refractivity contribution is 5.42. The van der Waals surface area contributed by atoms with Crippen LogP contribution in [0.4, 0.5) is 0 Å². The third-order valence-electron chi connectivity index (χ3n) is 3.99. The average molecular weight is 357 g/mol. The monoisotopic (exact) mass is 356 g/mol. The predicted molar refractivity (Wildman–Crippen MR) is 98.3 cm³/mol. The van der Waals surface area contributed by atoms with Crippen LogP contribution in [0.1, 0.15) is 19.4 Å². The van der Waals surface area contributed by atoms with Crippen molar-refractivity contribution in [3.05, 3.63) is 23.8 Å². The lowest BCUT2D eigenvalue weighted by molar-refractivity contribution is -0.868. The fraction of sp³-hybridized carbons (Fsp3) is 0.684. The molecule has 0 aliphatic rings. The molecule has 1 atom stereocenters. The number of quaternary nitrogens is 2. The first-order chi connectivity index (χ1) is 11.8. The summed E-state index contributed by atoms with van der Waals surface area (Å²) in [4.78, 5) is 1.44. The van der Waals surface area contributed by atoms with Crippen LogP contribution in [-0.2, 0) is 11.3 Å². The Morgan fingerprint density at radius 3 is 2.44 bits per heavy atom. The summed E-state index contributed by atoms with van der Waals surface area (Å²) in [5.41, 5.74) is 1.24. The van der Waals surface area contributed by atoms with Crippen LogP contribution in [0.3, 0.4) is 0 Å². The number of hydrogen-bond donors (Lipinski definition) is 3. The van der Waals surface area contributed by atoms with Crippen LogP contribution >= 0.6 is 0 Å². The Balaban J connectivity index is 2.29. The lowest BCUT2D eigenvalue weighted by atomic mass is 9.93. The van der Waals surface area contributed by atoms with Gasteiger partial charge >= 0.3 is 0 Å². The van der Waals surface area contributed by atoms with Gasteiger partial charge in [0, 0.05) is 0 Å². The van der Waals surface area contributed by atoms with Crippen LogP contribution in [0, 0.1) is 5.41 Å². The zero-order valence-electron chi connectivity index (χ0n) is 16.6. The summed E-state index contributed by atoms with van der Waals surface area (Å²) >= 11 is 0. The number of benzene rings is 1. The molecule has 1 aromatic rings. The number of rotatable bonds is 12. The summed E-state index contributed by atoms with van der Waals surface area (Å²) in [6.45, 7) is 8.03. The van der Waals surface area contributed by atoms with Crippen molar-refractivity contribution in [3.8, 4) is 11.5 Å². The van der Waals surface area contributed by atoms with Crippen molar-refractivity contribution in [2.75, 3.05) is 54.6 Å². The van der Waals surface area contributed by atoms with E-state index in [0.717, 1.165) is 18.7 Å². The van der Waals surface area contributed by atoms with E-state index in [1.54, 1.807) is 14.2 Å². The van der Waals surface area contributed by atoms with Gasteiger partial charge in [0.05, 0.1) is 60.0 Å². The minimum Gasteiger partial charge on any atom is -0.493 e. The first kappa shape index (κ1) is 21.7. The summed E-state index contributed by atoms with van der Waals surface area (Å²) in [6, 6.07) is 5.69. The van der Waals surface area contributed by atoms with Gasteiger partial charge < -0.3 is 29.5 Å². The summed E-state index contributed by atoms with van der Waals surface area (Å²) in [5.74, 6) is 1.38. The first-order valence-electron chi connectivity index (χ1n) is 8.85. The van der Waals surface area contributed by atoms with Gasteiger partial charge in [-0.2, -0.15) is 0 Å². The van der Waals surface area contributed by atoms with Crippen LogP contribution in [0.15, 0.2) is 18.2 Å². The number of ether oxygens (including phenoxy) is 3. The molecule has 0 radical (unpaired) electrons. The van der Waals surface area contributed by atoms with Gasteiger partial charge in [0.2, 0.25) is 0 Å². The van der Waals surface area contributed by atoms with E-state index in [1.807, 2.05) is 18.2 Å². The van der Waals surface area contributed by atoms with Gasteiger partial charge in [-0.05, 0) is 31.5 Å². The molecule has 4 N–H and O–H groups in total. The lowest BCUT2D eigenvalue weighted by Crippen LogP contribution is -3.08. The Hall–Kier alpha value is -1.34. The van der Waals surface area contributed by atoms with Crippen LogP contribution in [0.2, 0.25) is 0 Å². The minimum atomic E-state index is -0.470. The maximum atomic E-state index is 10.1. The zero-order valence-corrected chi connectivity index (χ0v) is 16.6. The first-order valence-corrected chi connectivity index (χ1v) is 8.85. The molecule has 0 unspecified atom stereocenters. The number of hydrogen-bond acceptors (Lipinski definition) is 4. The lowest BCUT2D eigenvalue weighted by Gasteiger charge is -2.24. The van der Waals surface area contributed by atoms with Crippen molar-refractivity contribution in [3.63, 3.8) is 0 Å². The van der Waals surface area contributed by atoms with Crippen LogP contribution in [-0.4, -0.2) is 65.8 Å². The van der Waals surface area contributed by atoms with E-state index in [4.69, 9.17) is 14.2 Å². The standard InChI is InChI=1S/C19H34N2O4/c1-19(2,14-21(3)4)13-20-10-16(22)12-25-11-15-7-8-17(23-5)18(9-15)24-6/h7-9,16,20,22H,10-14H2,1-6H3/p+2/t16-/m0/s1. The van der Waals surface area contributed by atoms with Gasteiger partial charge in [0.25, 0.3) is 0 Å². The smallest absolute Gasteiger partial charge is 0.161 e. The molecule has 0 aromatic heterocycles. The third kappa shape index (κ3) is 8.54. The molecular formula is C19H36N2O4+2. The van der Waals surface area contributed by atoms with Crippen molar-refractivity contribution in [1.82, 2.24) is 0 Å². The zero-order chi connectivity index (χ0) is 18.9. The molecule has 25 heavy (non-hydrogen) atoms. The molecule has 0 amide bonds. The maximum absolute atomic E-state index is 10.1. The van der Waals surface area contributed by atoms with Crippen molar-refractivity contribution in [2.45, 2.75) is 26.6 Å². The van der Waals surface area contributed by atoms with E-state index in [9.17, 15) is 5.11 Å². The number of nitrogens with one attached hydrogen (secondary N) is 1. The molecule has 0 aliphatic heterocycles. The highest BCUT2D eigenvalue weighted by atomic mass is 16.5. The Labute approximate surface area is 152 Å². The third-order valence-corrected chi connectivity index (χ3v) is 3.99. The molecule has 0 fully saturated rings. The van der Waals surface area contributed by atoms with Gasteiger partial charge in [0.1, 0.15) is 12.6 Å². The predicted octanol–water partition coefficient (Wildman–Crippen LogP) is -0.685. The Morgan fingerprint density at radius 2 is 1.84 bits per heavy atom. The molecule has 6 nitrogen and oxygen atoms in total. The summed E-state index contributed by atoms with van der Waals surface area (Å²) in [5, 5.41) is 12.3. The number of aliphatic hydroxyl groups excluding tert-OH is 1. The largest absolute Gasteiger partial charge is 0.493 e. The molecule has 0 bridgehead atoms. The fourth-order valence-corrected chi connectivity index (χ4v) is 3.05. The van der Waals surface area contributed by atoms with Crippen molar-refractivity contribution in [1.29, 1.82) is 0 Å². The van der Waals surface area contributed by atoms with E-state index < -0.39 is 6.10 Å². The second-order valence-corrected chi connectivity index (χ2v) is 7.63. The molecule has 0 saturated carbocycles. The molecule has 6 heteroatoms. The summed E-state index contributed by atoms with van der Waals surface area (Å²) in [6.07, 6.45) is -0.470. The van der Waals surface area contributed by atoms with Gasteiger partial charge in [-0.25, -0.2) is 0 Å². The quantitative estimate of drug-likeness (QED) is 0.464. The second kappa shape index (κ2) is 10.6. The van der Waals surface area contributed by atoms with Crippen LogP contribution in [0.5, 0.6) is 11.5 Å². The molecule has 0 heterocycles. The summed E-state index contributed by atoms with van der Waals surface area (Å²) in [7, 11) is 7.56. The van der Waals surface area contributed by atoms with E-state index in [0.29, 0.717) is 31.3 Å². The minimum absolute atomic E-state index is 0.249. The molecule has 1 rings (SSSR count). The molecule has 0 saturated heterocycles. The Morgan fingerprint density at radius 1 is 1.16 bits per heavy atom. The molecule has 144 valence electrons. The number of nitrogens with two attached hydrogens (primary N) is 1. The SMILES string of the molecule is COc1ccc(COC[C@@H](O)C[NH2+]CC(C)(C)C[NH+](C)C)cc1OC. The molecule has 0 aliphatic carbocycles. The van der Waals surface area contributed by atoms with E-state index in [2.05, 4.69) is 33.3 Å². The van der Waals surface area contributed by atoms with Crippen molar-refractivity contribution in [2.24, 2.45) is 5.41 Å². The molecule has 1 aromatic carbocycles. The Kier molecular flexibility index (Phi) is 9.21. The average Bonchev–Trinajstić information content (AvgIpc) is 2.53. The highest BCUT2D eigenvalue weighted by Crippen LogP contribution is 2.27. The number of aliphatic hydroxyl groups is 1. The topological polar surface area (TPSA) is 69.0 Å². The van der Waals surface area contributed by atoms with E-state index in [-0.39, 0.29) is 5.41 Å². The Bertz CT molecular complexity index is 506. The fourth-order valence-electron chi connectivity index (χ4n) is 3.05. The van der Waals surface area contributed by atoms with Crippen LogP contribution in [0.25, 0.3) is 0 Å². The molecular weight excluding hydrogens is 320 g/mol. The highest BCUT2D eigenvalue weighted by Gasteiger charge is 2.24. The van der Waals surface area contributed by atoms with E-state index >= 15 is 0 Å².